The average Bonchev–Trinajstić information content (AvgIpc) is 2.29. The van der Waals surface area contributed by atoms with Crippen molar-refractivity contribution in [1.82, 2.24) is 20.2 Å². The van der Waals surface area contributed by atoms with E-state index >= 15 is 0 Å². The van der Waals surface area contributed by atoms with Crippen molar-refractivity contribution in [2.45, 2.75) is 12.6 Å². The van der Waals surface area contributed by atoms with Crippen LogP contribution in [-0.2, 0) is 11.3 Å². The van der Waals surface area contributed by atoms with Crippen LogP contribution in [0.25, 0.3) is 0 Å². The van der Waals surface area contributed by atoms with Gasteiger partial charge in [-0.1, -0.05) is 0 Å². The summed E-state index contributed by atoms with van der Waals surface area (Å²) in [7, 11) is 0. The molecule has 0 bridgehead atoms. The average molecular weight is 257 g/mol. The minimum Gasteiger partial charge on any atom is -0.480 e. The van der Waals surface area contributed by atoms with Crippen LogP contribution in [-0.4, -0.2) is 51.6 Å². The summed E-state index contributed by atoms with van der Waals surface area (Å²) in [4.78, 5) is 20.8. The molecule has 0 spiro atoms. The Morgan fingerprint density at radius 3 is 3.24 bits per heavy atom. The van der Waals surface area contributed by atoms with Crippen molar-refractivity contribution >= 4 is 17.6 Å². The molecule has 7 heteroatoms. The monoisotopic (exact) mass is 256 g/mol. The van der Waals surface area contributed by atoms with Crippen LogP contribution in [0.2, 0.25) is 5.28 Å². The number of rotatable bonds is 3. The van der Waals surface area contributed by atoms with E-state index in [4.69, 9.17) is 16.7 Å². The molecule has 1 aromatic rings. The Bertz CT molecular complexity index is 415. The quantitative estimate of drug-likeness (QED) is 0.741. The zero-order valence-electron chi connectivity index (χ0n) is 9.14. The van der Waals surface area contributed by atoms with Crippen molar-refractivity contribution in [2.24, 2.45) is 0 Å². The second kappa shape index (κ2) is 5.39. The van der Waals surface area contributed by atoms with Crippen LogP contribution in [0.15, 0.2) is 12.3 Å². The molecule has 1 fully saturated rings. The number of carboxylic acids is 1. The Hall–Kier alpha value is -1.24. The maximum absolute atomic E-state index is 10.9. The van der Waals surface area contributed by atoms with Gasteiger partial charge < -0.3 is 10.4 Å². The molecule has 92 valence electrons. The number of piperazine rings is 1. The van der Waals surface area contributed by atoms with Gasteiger partial charge in [-0.3, -0.25) is 9.69 Å². The summed E-state index contributed by atoms with van der Waals surface area (Å²) >= 11 is 5.69. The molecule has 1 unspecified atom stereocenters. The molecular weight excluding hydrogens is 244 g/mol. The fourth-order valence-corrected chi connectivity index (χ4v) is 1.97. The minimum absolute atomic E-state index is 0.215. The Morgan fingerprint density at radius 2 is 2.53 bits per heavy atom. The highest BCUT2D eigenvalue weighted by atomic mass is 35.5. The van der Waals surface area contributed by atoms with Crippen LogP contribution in [0, 0.1) is 0 Å². The van der Waals surface area contributed by atoms with E-state index in [-0.39, 0.29) is 5.28 Å². The summed E-state index contributed by atoms with van der Waals surface area (Å²) in [6, 6.07) is 1.27. The molecule has 0 radical (unpaired) electrons. The molecule has 1 atom stereocenters. The molecule has 0 aromatic carbocycles. The van der Waals surface area contributed by atoms with Gasteiger partial charge in [0.05, 0.1) is 5.69 Å². The summed E-state index contributed by atoms with van der Waals surface area (Å²) in [5.41, 5.74) is 0.802. The number of nitrogens with zero attached hydrogens (tertiary/aromatic N) is 3. The van der Waals surface area contributed by atoms with E-state index in [1.807, 2.05) is 4.90 Å². The van der Waals surface area contributed by atoms with Crippen LogP contribution in [0.5, 0.6) is 0 Å². The highest BCUT2D eigenvalue weighted by Crippen LogP contribution is 2.07. The molecule has 2 N–H and O–H groups in total. The van der Waals surface area contributed by atoms with E-state index in [1.54, 1.807) is 12.3 Å². The number of carbonyl (C=O) groups is 1. The first kappa shape index (κ1) is 12.2. The van der Waals surface area contributed by atoms with Gasteiger partial charge in [-0.25, -0.2) is 9.97 Å². The van der Waals surface area contributed by atoms with Gasteiger partial charge in [0.25, 0.3) is 0 Å². The maximum atomic E-state index is 10.9. The molecule has 0 amide bonds. The predicted molar refractivity (Wildman–Crippen MR) is 61.7 cm³/mol. The lowest BCUT2D eigenvalue weighted by Crippen LogP contribution is -2.53. The fourth-order valence-electron chi connectivity index (χ4n) is 1.81. The van der Waals surface area contributed by atoms with Gasteiger partial charge in [-0.2, -0.15) is 0 Å². The molecule has 6 nitrogen and oxygen atoms in total. The van der Waals surface area contributed by atoms with Crippen molar-refractivity contribution in [2.75, 3.05) is 19.6 Å². The van der Waals surface area contributed by atoms with Gasteiger partial charge in [0.1, 0.15) is 6.04 Å². The second-order valence-electron chi connectivity index (χ2n) is 3.90. The van der Waals surface area contributed by atoms with Crippen molar-refractivity contribution in [3.63, 3.8) is 0 Å². The highest BCUT2D eigenvalue weighted by Gasteiger charge is 2.24. The molecule has 17 heavy (non-hydrogen) atoms. The molecule has 1 saturated heterocycles. The van der Waals surface area contributed by atoms with E-state index in [0.717, 1.165) is 12.2 Å². The normalized spacial score (nSPS) is 21.4. The topological polar surface area (TPSA) is 78.3 Å². The lowest BCUT2D eigenvalue weighted by atomic mass is 10.2. The van der Waals surface area contributed by atoms with Gasteiger partial charge >= 0.3 is 5.97 Å². The summed E-state index contributed by atoms with van der Waals surface area (Å²) in [5.74, 6) is -0.824. The summed E-state index contributed by atoms with van der Waals surface area (Å²) in [6.07, 6.45) is 1.60. The molecule has 1 aliphatic rings. The molecular formula is C10H13ClN4O2. The Morgan fingerprint density at radius 1 is 1.71 bits per heavy atom. The van der Waals surface area contributed by atoms with Crippen molar-refractivity contribution in [1.29, 1.82) is 0 Å². The van der Waals surface area contributed by atoms with E-state index in [2.05, 4.69) is 15.3 Å². The molecule has 1 aliphatic heterocycles. The molecule has 2 rings (SSSR count). The van der Waals surface area contributed by atoms with E-state index in [9.17, 15) is 4.79 Å². The molecule has 0 saturated carbocycles. The predicted octanol–water partition coefficient (Wildman–Crippen LogP) is -0.0116. The Kier molecular flexibility index (Phi) is 3.88. The summed E-state index contributed by atoms with van der Waals surface area (Å²) in [6.45, 7) is 2.52. The highest BCUT2D eigenvalue weighted by molar-refractivity contribution is 6.28. The smallest absolute Gasteiger partial charge is 0.322 e. The number of aromatic nitrogens is 2. The van der Waals surface area contributed by atoms with Crippen LogP contribution in [0.4, 0.5) is 0 Å². The molecule has 2 heterocycles. The lowest BCUT2D eigenvalue weighted by molar-refractivity contribution is -0.140. The largest absolute Gasteiger partial charge is 0.480 e. The van der Waals surface area contributed by atoms with E-state index in [0.29, 0.717) is 19.6 Å². The van der Waals surface area contributed by atoms with Gasteiger partial charge in [-0.05, 0) is 17.7 Å². The van der Waals surface area contributed by atoms with Gasteiger partial charge in [-0.15, -0.1) is 0 Å². The third-order valence-electron chi connectivity index (χ3n) is 2.63. The number of aliphatic carboxylic acids is 1. The van der Waals surface area contributed by atoms with Crippen molar-refractivity contribution < 1.29 is 9.90 Å². The summed E-state index contributed by atoms with van der Waals surface area (Å²) in [5, 5.41) is 12.1. The van der Waals surface area contributed by atoms with Crippen LogP contribution in [0.1, 0.15) is 5.69 Å². The third-order valence-corrected chi connectivity index (χ3v) is 2.81. The van der Waals surface area contributed by atoms with Crippen molar-refractivity contribution in [3.8, 4) is 0 Å². The first-order chi connectivity index (χ1) is 8.15. The first-order valence-electron chi connectivity index (χ1n) is 5.31. The van der Waals surface area contributed by atoms with Gasteiger partial charge in [0, 0.05) is 32.4 Å². The van der Waals surface area contributed by atoms with E-state index < -0.39 is 12.0 Å². The van der Waals surface area contributed by atoms with Gasteiger partial charge in [0.15, 0.2) is 0 Å². The van der Waals surface area contributed by atoms with Crippen LogP contribution >= 0.6 is 11.6 Å². The number of halogens is 1. The lowest BCUT2D eigenvalue weighted by Gasteiger charge is -2.31. The van der Waals surface area contributed by atoms with E-state index in [1.165, 1.54) is 0 Å². The fraction of sp³-hybridized carbons (Fsp3) is 0.500. The summed E-state index contributed by atoms with van der Waals surface area (Å²) < 4.78 is 0. The van der Waals surface area contributed by atoms with Crippen LogP contribution in [0.3, 0.4) is 0 Å². The zero-order chi connectivity index (χ0) is 12.3. The molecule has 1 aromatic heterocycles. The number of hydrogen-bond donors (Lipinski definition) is 2. The first-order valence-corrected chi connectivity index (χ1v) is 5.69. The zero-order valence-corrected chi connectivity index (χ0v) is 9.89. The minimum atomic E-state index is -0.824. The SMILES string of the molecule is O=C(O)C1CN(Cc2ccnc(Cl)n2)CCN1. The Balaban J connectivity index is 1.97. The standard InChI is InChI=1S/C10H13ClN4O2/c11-10-13-2-1-7(14-10)5-15-4-3-12-8(6-15)9(16)17/h1-2,8,12H,3-6H2,(H,16,17). The number of nitrogens with one attached hydrogen (secondary N) is 1. The number of hydrogen-bond acceptors (Lipinski definition) is 5. The third kappa shape index (κ3) is 3.36. The molecule has 0 aliphatic carbocycles. The number of carboxylic acid groups (broad SMARTS) is 1. The second-order valence-corrected chi connectivity index (χ2v) is 4.24. The maximum Gasteiger partial charge on any atom is 0.322 e. The van der Waals surface area contributed by atoms with Crippen molar-refractivity contribution in [3.05, 3.63) is 23.2 Å². The van der Waals surface area contributed by atoms with Crippen LogP contribution < -0.4 is 5.32 Å². The Labute approximate surface area is 104 Å². The van der Waals surface area contributed by atoms with Gasteiger partial charge in [0.2, 0.25) is 5.28 Å².